The van der Waals surface area contributed by atoms with Crippen LogP contribution >= 0.6 is 23.4 Å². The van der Waals surface area contributed by atoms with Crippen LogP contribution in [0.2, 0.25) is 5.02 Å². The number of benzene rings is 2. The number of thioether (sulfide) groups is 1. The van der Waals surface area contributed by atoms with Crippen LogP contribution in [0.5, 0.6) is 11.5 Å². The van der Waals surface area contributed by atoms with Crippen LogP contribution in [0, 0.1) is 6.92 Å². The van der Waals surface area contributed by atoms with Crippen LogP contribution in [0.1, 0.15) is 19.0 Å². The molecule has 4 rings (SSSR count). The van der Waals surface area contributed by atoms with Crippen LogP contribution in [-0.2, 0) is 0 Å². The molecular formula is C23H23ClN4O2S. The maximum atomic E-state index is 6.65. The summed E-state index contributed by atoms with van der Waals surface area (Å²) in [6, 6.07) is 13.8. The van der Waals surface area contributed by atoms with Gasteiger partial charge in [0.2, 0.25) is 5.16 Å². The average molecular weight is 455 g/mol. The van der Waals surface area contributed by atoms with Crippen molar-refractivity contribution in [1.29, 1.82) is 0 Å². The molecule has 0 fully saturated rings. The highest BCUT2D eigenvalue weighted by molar-refractivity contribution is 7.99. The largest absolute Gasteiger partial charge is 0.493 e. The van der Waals surface area contributed by atoms with E-state index in [-0.39, 0.29) is 0 Å². The molecule has 2 aromatic heterocycles. The predicted molar refractivity (Wildman–Crippen MR) is 124 cm³/mol. The molecule has 8 heteroatoms. The molecule has 0 atom stereocenters. The zero-order chi connectivity index (χ0) is 22.0. The van der Waals surface area contributed by atoms with Crippen molar-refractivity contribution in [1.82, 2.24) is 15.2 Å². The molecule has 0 bridgehead atoms. The summed E-state index contributed by atoms with van der Waals surface area (Å²) in [5.41, 5.74) is 2.70. The standard InChI is InChI=1S/C23H23ClN4O2S/c1-5-10-31-23-25-22(26-27-23)28-14(2)11-15-12-19(29-3)20(30-4)13-17(15)21(28)16-8-6-7-9-18(16)24/h6-9,11-13H,5,10H2,1-4H3. The Bertz CT molecular complexity index is 1240. The molecule has 4 aromatic rings. The zero-order valence-electron chi connectivity index (χ0n) is 17.8. The molecule has 0 spiro atoms. The van der Waals surface area contributed by atoms with Crippen molar-refractivity contribution in [2.45, 2.75) is 25.4 Å². The second-order valence-corrected chi connectivity index (χ2v) is 8.46. The van der Waals surface area contributed by atoms with Gasteiger partial charge in [-0.05, 0) is 43.0 Å². The van der Waals surface area contributed by atoms with Gasteiger partial charge in [0.1, 0.15) is 0 Å². The SMILES string of the molecule is CCCSc1nnc(-[n+]2c(C)cc3cc(OC)c(OC)cc3c2-c2ccccc2Cl)[n-]1. The van der Waals surface area contributed by atoms with Gasteiger partial charge < -0.3 is 9.47 Å². The van der Waals surface area contributed by atoms with E-state index < -0.39 is 0 Å². The number of pyridine rings is 1. The lowest BCUT2D eigenvalue weighted by Crippen LogP contribution is -2.39. The minimum Gasteiger partial charge on any atom is -0.493 e. The molecule has 0 saturated carbocycles. The smallest absolute Gasteiger partial charge is 0.256 e. The number of rotatable bonds is 7. The van der Waals surface area contributed by atoms with E-state index in [0.717, 1.165) is 39.9 Å². The molecule has 160 valence electrons. The number of nitrogens with zero attached hydrogens (tertiary/aromatic N) is 4. The first-order valence-electron chi connectivity index (χ1n) is 9.94. The minimum atomic E-state index is 0.516. The molecule has 2 aromatic carbocycles. The number of halogens is 1. The average Bonchev–Trinajstić information content (AvgIpc) is 3.24. The predicted octanol–water partition coefficient (Wildman–Crippen LogP) is 5.01. The maximum absolute atomic E-state index is 6.65. The molecule has 0 aliphatic carbocycles. The van der Waals surface area contributed by atoms with Crippen molar-refractivity contribution < 1.29 is 14.0 Å². The molecule has 0 radical (unpaired) electrons. The summed E-state index contributed by atoms with van der Waals surface area (Å²) in [5.74, 6) is 2.77. The Morgan fingerprint density at radius 1 is 1.06 bits per heavy atom. The molecule has 2 heterocycles. The van der Waals surface area contributed by atoms with Gasteiger partial charge in [-0.3, -0.25) is 4.57 Å². The van der Waals surface area contributed by atoms with Gasteiger partial charge in [0.25, 0.3) is 5.95 Å². The Kier molecular flexibility index (Phi) is 6.34. The van der Waals surface area contributed by atoms with Crippen molar-refractivity contribution >= 4 is 34.1 Å². The fourth-order valence-electron chi connectivity index (χ4n) is 3.55. The van der Waals surface area contributed by atoms with E-state index in [0.29, 0.717) is 27.6 Å². The van der Waals surface area contributed by atoms with Gasteiger partial charge in [0.15, 0.2) is 11.5 Å². The van der Waals surface area contributed by atoms with Crippen molar-refractivity contribution in [2.24, 2.45) is 0 Å². The topological polar surface area (TPSA) is 62.2 Å². The van der Waals surface area contributed by atoms with E-state index >= 15 is 0 Å². The van der Waals surface area contributed by atoms with E-state index in [9.17, 15) is 0 Å². The van der Waals surface area contributed by atoms with Gasteiger partial charge in [0.05, 0.1) is 19.9 Å². The summed E-state index contributed by atoms with van der Waals surface area (Å²) in [6.07, 6.45) is 1.04. The van der Waals surface area contributed by atoms with E-state index in [1.807, 2.05) is 47.9 Å². The Hall–Kier alpha value is -2.77. The van der Waals surface area contributed by atoms with Crippen LogP contribution < -0.4 is 19.0 Å². The number of aryl methyl sites for hydroxylation is 1. The number of fused-ring (bicyclic) bond motifs is 1. The highest BCUT2D eigenvalue weighted by Gasteiger charge is 2.20. The van der Waals surface area contributed by atoms with E-state index in [1.54, 1.807) is 26.0 Å². The molecule has 0 saturated heterocycles. The molecule has 0 unspecified atom stereocenters. The first kappa shape index (κ1) is 21.5. The lowest BCUT2D eigenvalue weighted by Gasteiger charge is -2.20. The normalized spacial score (nSPS) is 11.1. The summed E-state index contributed by atoms with van der Waals surface area (Å²) in [6.45, 7) is 4.15. The third-order valence-electron chi connectivity index (χ3n) is 4.94. The van der Waals surface area contributed by atoms with Gasteiger partial charge in [0, 0.05) is 27.4 Å². The third kappa shape index (κ3) is 4.07. The minimum absolute atomic E-state index is 0.516. The van der Waals surface area contributed by atoms with Crippen molar-refractivity contribution in [3.63, 3.8) is 0 Å². The van der Waals surface area contributed by atoms with Gasteiger partial charge >= 0.3 is 0 Å². The van der Waals surface area contributed by atoms with Gasteiger partial charge in [-0.15, -0.1) is 10.2 Å². The Morgan fingerprint density at radius 3 is 2.52 bits per heavy atom. The number of aromatic nitrogens is 4. The number of hydrogen-bond donors (Lipinski definition) is 0. The number of methoxy groups -OCH3 is 2. The Balaban J connectivity index is 2.05. The Morgan fingerprint density at radius 2 is 1.81 bits per heavy atom. The second kappa shape index (κ2) is 9.16. The van der Waals surface area contributed by atoms with Gasteiger partial charge in [-0.25, -0.2) is 0 Å². The molecule has 31 heavy (non-hydrogen) atoms. The first-order valence-corrected chi connectivity index (χ1v) is 11.3. The van der Waals surface area contributed by atoms with Crippen LogP contribution in [0.3, 0.4) is 0 Å². The summed E-state index contributed by atoms with van der Waals surface area (Å²) in [7, 11) is 3.26. The molecule has 0 N–H and O–H groups in total. The maximum Gasteiger partial charge on any atom is 0.256 e. The van der Waals surface area contributed by atoms with E-state index in [1.165, 1.54) is 0 Å². The monoisotopic (exact) mass is 454 g/mol. The van der Waals surface area contributed by atoms with Crippen LogP contribution in [0.4, 0.5) is 0 Å². The lowest BCUT2D eigenvalue weighted by atomic mass is 10.0. The van der Waals surface area contributed by atoms with E-state index in [4.69, 9.17) is 21.1 Å². The first-order chi connectivity index (χ1) is 15.1. The van der Waals surface area contributed by atoms with Crippen molar-refractivity contribution in [3.8, 4) is 28.7 Å². The second-order valence-electron chi connectivity index (χ2n) is 6.99. The van der Waals surface area contributed by atoms with Gasteiger partial charge in [-0.1, -0.05) is 48.5 Å². The van der Waals surface area contributed by atoms with E-state index in [2.05, 4.69) is 28.2 Å². The molecule has 0 aliphatic heterocycles. The summed E-state index contributed by atoms with van der Waals surface area (Å²) in [5, 5.41) is 11.9. The van der Waals surface area contributed by atoms with Gasteiger partial charge in [-0.2, -0.15) is 4.98 Å². The van der Waals surface area contributed by atoms with Crippen molar-refractivity contribution in [3.05, 3.63) is 53.2 Å². The van der Waals surface area contributed by atoms with Crippen molar-refractivity contribution in [2.75, 3.05) is 20.0 Å². The summed E-state index contributed by atoms with van der Waals surface area (Å²) < 4.78 is 13.1. The van der Waals surface area contributed by atoms with Crippen LogP contribution in [0.25, 0.3) is 28.0 Å². The number of hydrogen-bond acceptors (Lipinski definition) is 5. The van der Waals surface area contributed by atoms with Crippen LogP contribution in [-0.4, -0.2) is 30.2 Å². The molecule has 6 nitrogen and oxygen atoms in total. The fraction of sp³-hybridized carbons (Fsp3) is 0.261. The third-order valence-corrected chi connectivity index (χ3v) is 6.31. The summed E-state index contributed by atoms with van der Waals surface area (Å²) in [4.78, 5) is 4.68. The number of ether oxygens (including phenoxy) is 2. The Labute approximate surface area is 190 Å². The fourth-order valence-corrected chi connectivity index (χ4v) is 4.41. The quantitative estimate of drug-likeness (QED) is 0.289. The molecule has 0 amide bonds. The highest BCUT2D eigenvalue weighted by atomic mass is 35.5. The molecular weight excluding hydrogens is 432 g/mol. The molecule has 0 aliphatic rings. The van der Waals surface area contributed by atoms with Crippen LogP contribution in [0.15, 0.2) is 47.6 Å². The lowest BCUT2D eigenvalue weighted by molar-refractivity contribution is -0.597. The zero-order valence-corrected chi connectivity index (χ0v) is 19.4. The summed E-state index contributed by atoms with van der Waals surface area (Å²) >= 11 is 8.25. The highest BCUT2D eigenvalue weighted by Crippen LogP contribution is 2.38.